The molecule has 4 N–H and O–H groups in total. The molecule has 0 radical (unpaired) electrons. The molecule has 2 bridgehead atoms. The molecule has 238 valence electrons. The molecule has 0 aliphatic carbocycles. The van der Waals surface area contributed by atoms with E-state index < -0.39 is 51.2 Å². The van der Waals surface area contributed by atoms with Crippen LogP contribution in [0.3, 0.4) is 0 Å². The number of hydrogen-bond acceptors (Lipinski definition) is 5. The Hall–Kier alpha value is -3.32. The Bertz CT molecular complexity index is 1520. The summed E-state index contributed by atoms with van der Waals surface area (Å²) in [5, 5.41) is 6.12. The van der Waals surface area contributed by atoms with Gasteiger partial charge in [0.25, 0.3) is 0 Å². The number of carbonyl (C=O) groups is 1. The minimum Gasteiger partial charge on any atom is -0.324 e. The van der Waals surface area contributed by atoms with Crippen molar-refractivity contribution in [2.24, 2.45) is 5.73 Å². The van der Waals surface area contributed by atoms with E-state index in [0.717, 1.165) is 31.6 Å². The van der Waals surface area contributed by atoms with Crippen molar-refractivity contribution in [1.82, 2.24) is 9.62 Å². The molecule has 5 atom stereocenters. The first-order valence-electron chi connectivity index (χ1n) is 14.6. The van der Waals surface area contributed by atoms with Crippen LogP contribution in [0, 0.1) is 11.6 Å². The lowest BCUT2D eigenvalue weighted by atomic mass is 9.85. The minimum atomic E-state index is -3.46. The van der Waals surface area contributed by atoms with Gasteiger partial charge in [-0.1, -0.05) is 24.8 Å². The van der Waals surface area contributed by atoms with Crippen molar-refractivity contribution in [3.8, 4) is 0 Å². The third-order valence-corrected chi connectivity index (χ3v) is 10.1. The van der Waals surface area contributed by atoms with Gasteiger partial charge in [-0.05, 0) is 80.5 Å². The van der Waals surface area contributed by atoms with Crippen molar-refractivity contribution in [3.63, 3.8) is 0 Å². The number of hydrogen-bond donors (Lipinski definition) is 3. The first-order chi connectivity index (χ1) is 20.9. The molecule has 4 rings (SSSR count). The maximum absolute atomic E-state index is 15.2. The summed E-state index contributed by atoms with van der Waals surface area (Å²) >= 11 is 0. The molecule has 44 heavy (non-hydrogen) atoms. The van der Waals surface area contributed by atoms with Gasteiger partial charge in [-0.15, -0.1) is 0 Å². The molecule has 0 aromatic heterocycles. The third-order valence-electron chi connectivity index (χ3n) is 8.11. The van der Waals surface area contributed by atoms with Gasteiger partial charge in [0, 0.05) is 48.4 Å². The first-order valence-corrected chi connectivity index (χ1v) is 16.2. The zero-order chi connectivity index (χ0) is 32.0. The normalized spacial score (nSPS) is 23.6. The Morgan fingerprint density at radius 1 is 1.16 bits per heavy atom. The van der Waals surface area contributed by atoms with Crippen LogP contribution in [0.25, 0.3) is 0 Å². The number of halogens is 4. The Labute approximate surface area is 255 Å². The average Bonchev–Trinajstić information content (AvgIpc) is 3.12. The van der Waals surface area contributed by atoms with Crippen molar-refractivity contribution in [2.75, 3.05) is 24.2 Å². The summed E-state index contributed by atoms with van der Waals surface area (Å²) in [6.45, 7) is 5.73. The molecule has 12 heteroatoms. The summed E-state index contributed by atoms with van der Waals surface area (Å²) in [6, 6.07) is 7.75. The van der Waals surface area contributed by atoms with Crippen LogP contribution in [0.1, 0.15) is 49.7 Å². The molecule has 2 saturated heterocycles. The second-order valence-electron chi connectivity index (χ2n) is 11.3. The molecule has 2 aliphatic rings. The largest absolute Gasteiger partial charge is 0.324 e. The second-order valence-corrected chi connectivity index (χ2v) is 13.3. The van der Waals surface area contributed by atoms with Crippen molar-refractivity contribution in [3.05, 3.63) is 101 Å². The van der Waals surface area contributed by atoms with Crippen LogP contribution < -0.4 is 16.4 Å². The van der Waals surface area contributed by atoms with Crippen molar-refractivity contribution in [1.29, 1.82) is 0 Å². The molecule has 2 aliphatic heterocycles. The highest BCUT2D eigenvalue weighted by molar-refractivity contribution is 7.89. The monoisotopic (exact) mass is 634 g/mol. The fourth-order valence-electron chi connectivity index (χ4n) is 5.89. The van der Waals surface area contributed by atoms with Crippen LogP contribution >= 0.6 is 0 Å². The Balaban J connectivity index is 1.56. The van der Waals surface area contributed by atoms with Crippen molar-refractivity contribution < 1.29 is 30.8 Å². The smallest absolute Gasteiger partial charge is 0.242 e. The molecule has 0 saturated carbocycles. The highest BCUT2D eigenvalue weighted by Crippen LogP contribution is 2.31. The third kappa shape index (κ3) is 8.44. The van der Waals surface area contributed by atoms with Crippen LogP contribution in [0.2, 0.25) is 0 Å². The number of sulfonamides is 1. The number of nitrogens with zero attached hydrogens (tertiary/aromatic N) is 1. The van der Waals surface area contributed by atoms with E-state index in [4.69, 9.17) is 5.73 Å². The molecule has 1 amide bonds. The predicted octanol–water partition coefficient (Wildman–Crippen LogP) is 5.39. The standard InChI is InChI=1S/C32H38F4N4O3S/c1-20(17-24(35)18-21(2)33)30(22-8-10-23(34)11-9-22)31(37)32(41)39-29-7-3-6-28(36)27(29)13-12-26-19-38-25-5-4-16-44(42,43)40(26)15-14-25/h3,6-11,17-18,25-26,30-31,38H,1,4-5,12-16,19,37H2,2H3,(H,39,41)/b21-18+,24-17+/t25-,26+,30-,31+/m1/s1. The lowest BCUT2D eigenvalue weighted by Gasteiger charge is -2.29. The van der Waals surface area contributed by atoms with Gasteiger partial charge in [0.05, 0.1) is 17.6 Å². The molecular weight excluding hydrogens is 596 g/mol. The van der Waals surface area contributed by atoms with Crippen molar-refractivity contribution in [2.45, 2.75) is 63.1 Å². The van der Waals surface area contributed by atoms with Crippen LogP contribution in [0.4, 0.5) is 23.2 Å². The Morgan fingerprint density at radius 3 is 2.59 bits per heavy atom. The summed E-state index contributed by atoms with van der Waals surface area (Å²) < 4.78 is 84.0. The van der Waals surface area contributed by atoms with Gasteiger partial charge in [-0.2, -0.15) is 4.31 Å². The fourth-order valence-corrected chi connectivity index (χ4v) is 7.67. The second kappa shape index (κ2) is 14.6. The van der Waals surface area contributed by atoms with E-state index in [0.29, 0.717) is 44.0 Å². The van der Waals surface area contributed by atoms with Crippen LogP contribution in [0.5, 0.6) is 0 Å². The molecular formula is C32H38F4N4O3S. The SMILES string of the molecule is C=C(/C=C(F)\C=C(/C)F)[C@H](c1ccc(F)cc1)[C@H](N)C(=O)Nc1cccc(F)c1CC[C@H]1CN[C@@H]2CCCS(=O)(=O)N1CC2. The number of carbonyl (C=O) groups excluding carboxylic acids is 1. The zero-order valence-electron chi connectivity index (χ0n) is 24.5. The number of fused-ring (bicyclic) bond motifs is 3. The molecule has 1 unspecified atom stereocenters. The molecule has 2 heterocycles. The summed E-state index contributed by atoms with van der Waals surface area (Å²) in [7, 11) is -3.46. The fraction of sp³-hybridized carbons (Fsp3) is 0.406. The van der Waals surface area contributed by atoms with Crippen molar-refractivity contribution >= 4 is 21.6 Å². The van der Waals surface area contributed by atoms with E-state index in [-0.39, 0.29) is 41.1 Å². The van der Waals surface area contributed by atoms with Gasteiger partial charge in [-0.3, -0.25) is 4.79 Å². The Kier molecular flexibility index (Phi) is 11.2. The van der Waals surface area contributed by atoms with Gasteiger partial charge in [0.1, 0.15) is 17.5 Å². The van der Waals surface area contributed by atoms with Crippen LogP contribution in [-0.4, -0.2) is 55.6 Å². The van der Waals surface area contributed by atoms with E-state index >= 15 is 4.39 Å². The highest BCUT2D eigenvalue weighted by atomic mass is 32.2. The van der Waals surface area contributed by atoms with E-state index in [1.54, 1.807) is 0 Å². The van der Waals surface area contributed by atoms with Gasteiger partial charge >= 0.3 is 0 Å². The minimum absolute atomic E-state index is 0.0338. The topological polar surface area (TPSA) is 105 Å². The molecule has 0 spiro atoms. The summed E-state index contributed by atoms with van der Waals surface area (Å²) in [6.07, 6.45) is 4.11. The molecule has 2 aromatic carbocycles. The molecule has 2 fully saturated rings. The molecule has 7 nitrogen and oxygen atoms in total. The first kappa shape index (κ1) is 33.6. The number of benzene rings is 2. The average molecular weight is 635 g/mol. The number of rotatable bonds is 10. The number of anilines is 1. The number of nitrogens with two attached hydrogens (primary N) is 1. The predicted molar refractivity (Wildman–Crippen MR) is 164 cm³/mol. The highest BCUT2D eigenvalue weighted by Gasteiger charge is 2.35. The van der Waals surface area contributed by atoms with E-state index in [1.807, 2.05) is 0 Å². The zero-order valence-corrected chi connectivity index (χ0v) is 25.4. The van der Waals surface area contributed by atoms with Crippen LogP contribution in [-0.2, 0) is 21.2 Å². The Morgan fingerprint density at radius 2 is 1.89 bits per heavy atom. The van der Waals surface area contributed by atoms with E-state index in [2.05, 4.69) is 17.2 Å². The van der Waals surface area contributed by atoms with E-state index in [9.17, 15) is 26.4 Å². The van der Waals surface area contributed by atoms with Gasteiger partial charge < -0.3 is 16.4 Å². The van der Waals surface area contributed by atoms with Gasteiger partial charge in [0.15, 0.2) is 0 Å². The maximum atomic E-state index is 15.2. The molecule has 2 aromatic rings. The summed E-state index contributed by atoms with van der Waals surface area (Å²) in [5.74, 6) is -4.55. The van der Waals surface area contributed by atoms with Gasteiger partial charge in [0.2, 0.25) is 15.9 Å². The van der Waals surface area contributed by atoms with Gasteiger partial charge in [-0.25, -0.2) is 26.0 Å². The van der Waals surface area contributed by atoms with E-state index in [1.165, 1.54) is 34.6 Å². The van der Waals surface area contributed by atoms with Crippen LogP contribution in [0.15, 0.2) is 78.4 Å². The quantitative estimate of drug-likeness (QED) is 0.240. The summed E-state index contributed by atoms with van der Waals surface area (Å²) in [5.41, 5.74) is 7.11. The lowest BCUT2D eigenvalue weighted by molar-refractivity contribution is -0.117. The number of amides is 1. The summed E-state index contributed by atoms with van der Waals surface area (Å²) in [4.78, 5) is 13.5. The lowest BCUT2D eigenvalue weighted by Crippen LogP contribution is -2.44. The number of allylic oxidation sites excluding steroid dienone is 4. The maximum Gasteiger partial charge on any atom is 0.242 e. The number of nitrogens with one attached hydrogen (secondary N) is 2.